The number of ether oxygens (including phenoxy) is 3. The van der Waals surface area contributed by atoms with E-state index in [-0.39, 0.29) is 63.4 Å². The summed E-state index contributed by atoms with van der Waals surface area (Å²) in [5.74, 6) is -0.169. The molecule has 1 aliphatic rings. The van der Waals surface area contributed by atoms with Gasteiger partial charge < -0.3 is 28.4 Å². The van der Waals surface area contributed by atoms with Crippen molar-refractivity contribution in [2.75, 3.05) is 26.5 Å². The number of halogens is 1. The van der Waals surface area contributed by atoms with Crippen LogP contribution < -0.4 is 14.9 Å². The third kappa shape index (κ3) is 7.01. The van der Waals surface area contributed by atoms with Gasteiger partial charge in [-0.1, -0.05) is 23.7 Å². The molecule has 0 aliphatic carbocycles. The molecular weight excluding hydrogens is 540 g/mol. The Kier molecular flexibility index (Phi) is 9.44. The summed E-state index contributed by atoms with van der Waals surface area (Å²) in [7, 11) is 0. The standard InChI is InChI=1S/C29H29ClN2O8/c1-3-11-31(26(33)9-10-28(35)37-4-2)16-27(34)32(14-19-5-7-24-25(12-19)40-18-39-24)15-20-17-38-23-8-6-21(30)13-22(23)29(20)36/h3,5-8,12-13,17H,1,4,9-11,14-16,18H2,2H3. The van der Waals surface area contributed by atoms with Gasteiger partial charge in [-0.25, -0.2) is 0 Å². The summed E-state index contributed by atoms with van der Waals surface area (Å²) in [5, 5.41) is 0.676. The first kappa shape index (κ1) is 28.7. The van der Waals surface area contributed by atoms with Crippen molar-refractivity contribution in [2.45, 2.75) is 32.9 Å². The summed E-state index contributed by atoms with van der Waals surface area (Å²) in [6.45, 7) is 5.51. The number of benzene rings is 2. The van der Waals surface area contributed by atoms with E-state index in [0.717, 1.165) is 5.56 Å². The van der Waals surface area contributed by atoms with E-state index in [0.29, 0.717) is 27.5 Å². The van der Waals surface area contributed by atoms with Gasteiger partial charge in [0, 0.05) is 24.5 Å². The van der Waals surface area contributed by atoms with Crippen molar-refractivity contribution < 1.29 is 33.0 Å². The molecule has 0 fully saturated rings. The number of nitrogens with zero attached hydrogens (tertiary/aromatic N) is 2. The average molecular weight is 569 g/mol. The van der Waals surface area contributed by atoms with E-state index in [1.165, 1.54) is 28.2 Å². The van der Waals surface area contributed by atoms with Crippen LogP contribution in [0, 0.1) is 0 Å². The number of carbonyl (C=O) groups is 3. The quantitative estimate of drug-likeness (QED) is 0.237. The summed E-state index contributed by atoms with van der Waals surface area (Å²) in [4.78, 5) is 54.3. The van der Waals surface area contributed by atoms with Crippen molar-refractivity contribution in [3.63, 3.8) is 0 Å². The minimum absolute atomic E-state index is 0.0863. The molecule has 210 valence electrons. The number of fused-ring (bicyclic) bond motifs is 2. The van der Waals surface area contributed by atoms with Crippen molar-refractivity contribution in [1.82, 2.24) is 9.80 Å². The van der Waals surface area contributed by atoms with Crippen molar-refractivity contribution >= 4 is 40.4 Å². The zero-order valence-electron chi connectivity index (χ0n) is 22.0. The first-order valence-corrected chi connectivity index (χ1v) is 13.1. The number of amides is 2. The number of carbonyl (C=O) groups excluding carboxylic acids is 3. The largest absolute Gasteiger partial charge is 0.466 e. The lowest BCUT2D eigenvalue weighted by Gasteiger charge is -2.27. The minimum Gasteiger partial charge on any atom is -0.466 e. The summed E-state index contributed by atoms with van der Waals surface area (Å²) >= 11 is 6.09. The van der Waals surface area contributed by atoms with Gasteiger partial charge >= 0.3 is 5.97 Å². The monoisotopic (exact) mass is 568 g/mol. The van der Waals surface area contributed by atoms with E-state index in [1.54, 1.807) is 37.3 Å². The topological polar surface area (TPSA) is 116 Å². The van der Waals surface area contributed by atoms with E-state index in [9.17, 15) is 19.2 Å². The Hall–Kier alpha value is -4.31. The molecule has 0 saturated carbocycles. The van der Waals surface area contributed by atoms with Crippen LogP contribution in [0.15, 0.2) is 64.5 Å². The number of esters is 1. The van der Waals surface area contributed by atoms with Gasteiger partial charge in [-0.3, -0.25) is 19.2 Å². The van der Waals surface area contributed by atoms with Crippen LogP contribution >= 0.6 is 11.6 Å². The number of hydrogen-bond donors (Lipinski definition) is 0. The van der Waals surface area contributed by atoms with E-state index >= 15 is 0 Å². The molecule has 2 heterocycles. The molecule has 3 aromatic rings. The van der Waals surface area contributed by atoms with E-state index in [1.807, 2.05) is 0 Å². The van der Waals surface area contributed by atoms with Crippen molar-refractivity contribution in [2.24, 2.45) is 0 Å². The molecule has 11 heteroatoms. The van der Waals surface area contributed by atoms with Crippen molar-refractivity contribution in [3.8, 4) is 11.5 Å². The first-order valence-electron chi connectivity index (χ1n) is 12.7. The maximum Gasteiger partial charge on any atom is 0.306 e. The molecule has 40 heavy (non-hydrogen) atoms. The van der Waals surface area contributed by atoms with Gasteiger partial charge in [-0.05, 0) is 42.8 Å². The van der Waals surface area contributed by atoms with Gasteiger partial charge in [0.2, 0.25) is 18.6 Å². The van der Waals surface area contributed by atoms with Crippen LogP contribution in [0.4, 0.5) is 0 Å². The lowest BCUT2D eigenvalue weighted by atomic mass is 10.1. The summed E-state index contributed by atoms with van der Waals surface area (Å²) in [6, 6.07) is 10.0. The Morgan fingerprint density at radius 2 is 1.82 bits per heavy atom. The van der Waals surface area contributed by atoms with Gasteiger partial charge in [0.25, 0.3) is 0 Å². The zero-order valence-corrected chi connectivity index (χ0v) is 22.8. The molecule has 0 unspecified atom stereocenters. The van der Waals surface area contributed by atoms with Crippen LogP contribution in [0.2, 0.25) is 5.02 Å². The fourth-order valence-corrected chi connectivity index (χ4v) is 4.40. The lowest BCUT2D eigenvalue weighted by Crippen LogP contribution is -2.43. The van der Waals surface area contributed by atoms with Gasteiger partial charge in [-0.15, -0.1) is 6.58 Å². The van der Waals surface area contributed by atoms with Crippen LogP contribution in [0.25, 0.3) is 11.0 Å². The molecule has 0 N–H and O–H groups in total. The molecule has 1 aliphatic heterocycles. The minimum atomic E-state index is -0.492. The number of hydrogen-bond acceptors (Lipinski definition) is 8. The Labute approximate surface area is 235 Å². The average Bonchev–Trinajstić information content (AvgIpc) is 3.41. The molecule has 10 nitrogen and oxygen atoms in total. The SMILES string of the molecule is C=CCN(CC(=O)N(Cc1ccc2c(c1)OCO2)Cc1coc2ccc(Cl)cc2c1=O)C(=O)CCC(=O)OCC. The first-order chi connectivity index (χ1) is 19.3. The second-order valence-corrected chi connectivity index (χ2v) is 9.47. The predicted octanol–water partition coefficient (Wildman–Crippen LogP) is 4.06. The molecule has 0 atom stereocenters. The van der Waals surface area contributed by atoms with Crippen LogP contribution in [0.5, 0.6) is 11.5 Å². The number of rotatable bonds is 12. The summed E-state index contributed by atoms with van der Waals surface area (Å²) in [5.41, 5.74) is 1.03. The van der Waals surface area contributed by atoms with Gasteiger partial charge in [0.1, 0.15) is 12.1 Å². The highest BCUT2D eigenvalue weighted by Gasteiger charge is 2.24. The summed E-state index contributed by atoms with van der Waals surface area (Å²) < 4.78 is 21.4. The van der Waals surface area contributed by atoms with E-state index in [2.05, 4.69) is 6.58 Å². The molecule has 2 amide bonds. The molecule has 0 radical (unpaired) electrons. The molecule has 0 saturated heterocycles. The zero-order chi connectivity index (χ0) is 28.6. The third-order valence-corrected chi connectivity index (χ3v) is 6.44. The summed E-state index contributed by atoms with van der Waals surface area (Å²) in [6.07, 6.45) is 2.61. The maximum atomic E-state index is 13.6. The second kappa shape index (κ2) is 13.2. The van der Waals surface area contributed by atoms with E-state index < -0.39 is 17.8 Å². The maximum absolute atomic E-state index is 13.6. The van der Waals surface area contributed by atoms with Crippen LogP contribution in [0.1, 0.15) is 30.9 Å². The normalized spacial score (nSPS) is 11.8. The van der Waals surface area contributed by atoms with Crippen LogP contribution in [0.3, 0.4) is 0 Å². The molecule has 0 bridgehead atoms. The van der Waals surface area contributed by atoms with Crippen molar-refractivity contribution in [1.29, 1.82) is 0 Å². The predicted molar refractivity (Wildman–Crippen MR) is 147 cm³/mol. The smallest absolute Gasteiger partial charge is 0.306 e. The third-order valence-electron chi connectivity index (χ3n) is 6.21. The second-order valence-electron chi connectivity index (χ2n) is 9.04. The van der Waals surface area contributed by atoms with Gasteiger partial charge in [0.15, 0.2) is 16.9 Å². The van der Waals surface area contributed by atoms with Crippen LogP contribution in [-0.4, -0.2) is 54.1 Å². The Morgan fingerprint density at radius 1 is 1.02 bits per heavy atom. The highest BCUT2D eigenvalue weighted by Crippen LogP contribution is 2.33. The fourth-order valence-electron chi connectivity index (χ4n) is 4.22. The van der Waals surface area contributed by atoms with Gasteiger partial charge in [0.05, 0.1) is 36.8 Å². The highest BCUT2D eigenvalue weighted by molar-refractivity contribution is 6.31. The highest BCUT2D eigenvalue weighted by atomic mass is 35.5. The Bertz CT molecular complexity index is 1480. The molecular formula is C29H29ClN2O8. The van der Waals surface area contributed by atoms with Gasteiger partial charge in [-0.2, -0.15) is 0 Å². The van der Waals surface area contributed by atoms with Crippen molar-refractivity contribution in [3.05, 3.63) is 81.7 Å². The Balaban J connectivity index is 1.59. The molecule has 1 aromatic heterocycles. The lowest BCUT2D eigenvalue weighted by molar-refractivity contribution is -0.146. The van der Waals surface area contributed by atoms with Crippen LogP contribution in [-0.2, 0) is 32.2 Å². The molecule has 0 spiro atoms. The fraction of sp³-hybridized carbons (Fsp3) is 0.310. The molecule has 2 aromatic carbocycles. The van der Waals surface area contributed by atoms with E-state index in [4.69, 9.17) is 30.2 Å². The Morgan fingerprint density at radius 3 is 2.60 bits per heavy atom. The molecule has 4 rings (SSSR count).